The lowest BCUT2D eigenvalue weighted by Gasteiger charge is -2.14. The van der Waals surface area contributed by atoms with Crippen molar-refractivity contribution in [2.75, 3.05) is 13.7 Å². The van der Waals surface area contributed by atoms with Gasteiger partial charge in [-0.25, -0.2) is 0 Å². The van der Waals surface area contributed by atoms with Gasteiger partial charge >= 0.3 is 12.6 Å². The first kappa shape index (κ1) is 17.7. The fraction of sp³-hybridized carbons (Fsp3) is 0.429. The minimum Gasteiger partial charge on any atom is -0.493 e. The van der Waals surface area contributed by atoms with Crippen molar-refractivity contribution in [3.63, 3.8) is 0 Å². The van der Waals surface area contributed by atoms with Gasteiger partial charge in [-0.2, -0.15) is 8.78 Å². The van der Waals surface area contributed by atoms with Crippen LogP contribution in [0.5, 0.6) is 11.5 Å². The molecule has 0 atom stereocenters. The minimum atomic E-state index is -3.08. The van der Waals surface area contributed by atoms with Crippen molar-refractivity contribution in [2.45, 2.75) is 25.9 Å². The lowest BCUT2D eigenvalue weighted by Crippen LogP contribution is -2.25. The maximum Gasteiger partial charge on any atom is 0.387 e. The molecular weight excluding hydrogens is 300 g/mol. The SMILES string of the molecule is COc1cccc(C(=O)NCCCCC(=O)O)c1OC(F)F. The highest BCUT2D eigenvalue weighted by Gasteiger charge is 2.19. The van der Waals surface area contributed by atoms with Crippen LogP contribution >= 0.6 is 0 Å². The fourth-order valence-electron chi connectivity index (χ4n) is 1.76. The number of aliphatic carboxylic acids is 1. The molecule has 8 heteroatoms. The van der Waals surface area contributed by atoms with Gasteiger partial charge in [-0.1, -0.05) is 6.07 Å². The number of amides is 1. The Morgan fingerprint density at radius 2 is 2.05 bits per heavy atom. The second kappa shape index (κ2) is 8.81. The van der Waals surface area contributed by atoms with Crippen LogP contribution in [0.1, 0.15) is 29.6 Å². The number of nitrogens with one attached hydrogen (secondary N) is 1. The summed E-state index contributed by atoms with van der Waals surface area (Å²) in [6.07, 6.45) is 0.885. The summed E-state index contributed by atoms with van der Waals surface area (Å²) in [7, 11) is 1.28. The molecule has 1 rings (SSSR count). The molecule has 0 aliphatic carbocycles. The maximum atomic E-state index is 12.4. The van der Waals surface area contributed by atoms with Crippen LogP contribution in [0.25, 0.3) is 0 Å². The number of carboxylic acid groups (broad SMARTS) is 1. The van der Waals surface area contributed by atoms with Gasteiger partial charge in [0.15, 0.2) is 11.5 Å². The molecule has 2 N–H and O–H groups in total. The Balaban J connectivity index is 2.69. The van der Waals surface area contributed by atoms with Gasteiger partial charge in [0.2, 0.25) is 0 Å². The number of carbonyl (C=O) groups is 2. The highest BCUT2D eigenvalue weighted by molar-refractivity contribution is 5.97. The summed E-state index contributed by atoms with van der Waals surface area (Å²) in [5, 5.41) is 11.0. The summed E-state index contributed by atoms with van der Waals surface area (Å²) in [6.45, 7) is -2.85. The molecule has 0 heterocycles. The number of alkyl halides is 2. The zero-order chi connectivity index (χ0) is 16.5. The summed E-state index contributed by atoms with van der Waals surface area (Å²) in [5.41, 5.74) is -0.0714. The summed E-state index contributed by atoms with van der Waals surface area (Å²) in [6, 6.07) is 4.23. The van der Waals surface area contributed by atoms with E-state index >= 15 is 0 Å². The zero-order valence-corrected chi connectivity index (χ0v) is 12.0. The van der Waals surface area contributed by atoms with Crippen molar-refractivity contribution in [3.8, 4) is 11.5 Å². The van der Waals surface area contributed by atoms with E-state index < -0.39 is 18.5 Å². The van der Waals surface area contributed by atoms with Gasteiger partial charge < -0.3 is 19.9 Å². The number of unbranched alkanes of at least 4 members (excludes halogenated alkanes) is 1. The van der Waals surface area contributed by atoms with Crippen molar-refractivity contribution in [1.29, 1.82) is 0 Å². The monoisotopic (exact) mass is 317 g/mol. The standard InChI is InChI=1S/C14H17F2NO5/c1-21-10-6-4-5-9(12(10)22-14(15)16)13(20)17-8-3-2-7-11(18)19/h4-6,14H,2-3,7-8H2,1H3,(H,17,20)(H,18,19). The summed E-state index contributed by atoms with van der Waals surface area (Å²) < 4.78 is 34.1. The highest BCUT2D eigenvalue weighted by Crippen LogP contribution is 2.32. The molecule has 122 valence electrons. The first-order valence-electron chi connectivity index (χ1n) is 6.57. The van der Waals surface area contributed by atoms with Gasteiger partial charge in [0.05, 0.1) is 12.7 Å². The predicted octanol–water partition coefficient (Wildman–Crippen LogP) is 2.28. The predicted molar refractivity (Wildman–Crippen MR) is 73.4 cm³/mol. The molecule has 22 heavy (non-hydrogen) atoms. The smallest absolute Gasteiger partial charge is 0.387 e. The Bertz CT molecular complexity index is 522. The number of hydrogen-bond acceptors (Lipinski definition) is 4. The van der Waals surface area contributed by atoms with Crippen LogP contribution in [0.2, 0.25) is 0 Å². The Hall–Kier alpha value is -2.38. The van der Waals surface area contributed by atoms with Gasteiger partial charge in [-0.05, 0) is 25.0 Å². The maximum absolute atomic E-state index is 12.4. The lowest BCUT2D eigenvalue weighted by molar-refractivity contribution is -0.137. The number of carboxylic acids is 1. The van der Waals surface area contributed by atoms with E-state index in [1.54, 1.807) is 0 Å². The normalized spacial score (nSPS) is 10.4. The average molecular weight is 317 g/mol. The van der Waals surface area contributed by atoms with Crippen LogP contribution in [0, 0.1) is 0 Å². The number of methoxy groups -OCH3 is 1. The van der Waals surface area contributed by atoms with Crippen molar-refractivity contribution >= 4 is 11.9 Å². The third kappa shape index (κ3) is 5.55. The fourth-order valence-corrected chi connectivity index (χ4v) is 1.76. The van der Waals surface area contributed by atoms with Gasteiger partial charge in [-0.15, -0.1) is 0 Å². The van der Waals surface area contributed by atoms with Gasteiger partial charge in [0.1, 0.15) is 0 Å². The minimum absolute atomic E-state index is 0.00870. The molecule has 0 spiro atoms. The first-order valence-corrected chi connectivity index (χ1v) is 6.57. The molecule has 1 amide bonds. The molecule has 0 aliphatic rings. The van der Waals surface area contributed by atoms with E-state index in [0.29, 0.717) is 12.8 Å². The molecule has 6 nitrogen and oxygen atoms in total. The van der Waals surface area contributed by atoms with Crippen LogP contribution in [0.3, 0.4) is 0 Å². The molecule has 0 bridgehead atoms. The number of benzene rings is 1. The summed E-state index contributed by atoms with van der Waals surface area (Å²) in [5.74, 6) is -1.81. The van der Waals surface area contributed by atoms with Crippen LogP contribution < -0.4 is 14.8 Å². The van der Waals surface area contributed by atoms with Crippen LogP contribution in [-0.2, 0) is 4.79 Å². The number of halogens is 2. The van der Waals surface area contributed by atoms with Crippen LogP contribution in [0.15, 0.2) is 18.2 Å². The third-order valence-electron chi connectivity index (χ3n) is 2.75. The third-order valence-corrected chi connectivity index (χ3v) is 2.75. The molecule has 0 fully saturated rings. The molecular formula is C14H17F2NO5. The van der Waals surface area contributed by atoms with E-state index in [2.05, 4.69) is 10.1 Å². The number of ether oxygens (including phenoxy) is 2. The van der Waals surface area contributed by atoms with Crippen LogP contribution in [0.4, 0.5) is 8.78 Å². The van der Waals surface area contributed by atoms with E-state index in [1.807, 2.05) is 0 Å². The number of rotatable bonds is 9. The van der Waals surface area contributed by atoms with Crippen molar-refractivity contribution in [3.05, 3.63) is 23.8 Å². The molecule has 0 radical (unpaired) electrons. The molecule has 0 aliphatic heterocycles. The second-order valence-electron chi connectivity index (χ2n) is 4.32. The molecule has 0 saturated heterocycles. The van der Waals surface area contributed by atoms with E-state index in [0.717, 1.165) is 0 Å². The Morgan fingerprint density at radius 1 is 1.32 bits per heavy atom. The van der Waals surface area contributed by atoms with Crippen molar-refractivity contribution < 1.29 is 33.0 Å². The van der Waals surface area contributed by atoms with Crippen molar-refractivity contribution in [1.82, 2.24) is 5.32 Å². The van der Waals surface area contributed by atoms with E-state index in [9.17, 15) is 18.4 Å². The second-order valence-corrected chi connectivity index (χ2v) is 4.32. The molecule has 0 unspecified atom stereocenters. The van der Waals surface area contributed by atoms with Crippen molar-refractivity contribution in [2.24, 2.45) is 0 Å². The largest absolute Gasteiger partial charge is 0.493 e. The zero-order valence-electron chi connectivity index (χ0n) is 12.0. The van der Waals surface area contributed by atoms with Gasteiger partial charge in [0, 0.05) is 13.0 Å². The topological polar surface area (TPSA) is 84.9 Å². The summed E-state index contributed by atoms with van der Waals surface area (Å²) in [4.78, 5) is 22.4. The highest BCUT2D eigenvalue weighted by atomic mass is 19.3. The summed E-state index contributed by atoms with van der Waals surface area (Å²) >= 11 is 0. The molecule has 1 aromatic carbocycles. The molecule has 0 saturated carbocycles. The molecule has 0 aromatic heterocycles. The Morgan fingerprint density at radius 3 is 2.64 bits per heavy atom. The van der Waals surface area contributed by atoms with Gasteiger partial charge in [0.25, 0.3) is 5.91 Å². The van der Waals surface area contributed by atoms with Crippen LogP contribution in [-0.4, -0.2) is 37.2 Å². The van der Waals surface area contributed by atoms with E-state index in [4.69, 9.17) is 9.84 Å². The van der Waals surface area contributed by atoms with E-state index in [1.165, 1.54) is 25.3 Å². The quantitative estimate of drug-likeness (QED) is 0.683. The van der Waals surface area contributed by atoms with Gasteiger partial charge in [-0.3, -0.25) is 9.59 Å². The van der Waals surface area contributed by atoms with E-state index in [-0.39, 0.29) is 30.0 Å². The number of hydrogen-bond donors (Lipinski definition) is 2. The Kier molecular flexibility index (Phi) is 7.07. The average Bonchev–Trinajstić information content (AvgIpc) is 2.46. The number of carbonyl (C=O) groups excluding carboxylic acids is 1. The Labute approximate surface area is 126 Å². The number of para-hydroxylation sites is 1. The molecule has 1 aromatic rings. The lowest BCUT2D eigenvalue weighted by atomic mass is 10.1. The first-order chi connectivity index (χ1) is 10.5.